The lowest BCUT2D eigenvalue weighted by Gasteiger charge is -2.29. The van der Waals surface area contributed by atoms with Crippen LogP contribution in [0.5, 0.6) is 0 Å². The van der Waals surface area contributed by atoms with E-state index in [1.54, 1.807) is 0 Å². The SMILES string of the molecule is CCC(CC)(CS)CSc1ncccc1Br. The fraction of sp³-hybridized carbons (Fsp3) is 0.583. The van der Waals surface area contributed by atoms with Gasteiger partial charge in [0.25, 0.3) is 0 Å². The van der Waals surface area contributed by atoms with Gasteiger partial charge < -0.3 is 0 Å². The van der Waals surface area contributed by atoms with E-state index in [-0.39, 0.29) is 0 Å². The Morgan fingerprint density at radius 3 is 2.62 bits per heavy atom. The molecule has 16 heavy (non-hydrogen) atoms. The molecule has 4 heteroatoms. The van der Waals surface area contributed by atoms with Gasteiger partial charge >= 0.3 is 0 Å². The first-order valence-electron chi connectivity index (χ1n) is 5.51. The second-order valence-electron chi connectivity index (χ2n) is 3.94. The number of nitrogens with zero attached hydrogens (tertiary/aromatic N) is 1. The largest absolute Gasteiger partial charge is 0.249 e. The van der Waals surface area contributed by atoms with Gasteiger partial charge in [-0.15, -0.1) is 11.8 Å². The Labute approximate surface area is 116 Å². The predicted octanol–water partition coefficient (Wildman–Crippen LogP) is 4.67. The minimum absolute atomic E-state index is 0.338. The molecule has 0 saturated heterocycles. The molecule has 0 spiro atoms. The molecule has 1 aromatic heterocycles. The first-order valence-corrected chi connectivity index (χ1v) is 7.92. The second kappa shape index (κ2) is 6.92. The molecule has 0 aliphatic rings. The molecule has 1 rings (SSSR count). The smallest absolute Gasteiger partial charge is 0.110 e. The third kappa shape index (κ3) is 3.67. The summed E-state index contributed by atoms with van der Waals surface area (Å²) in [5, 5.41) is 1.08. The monoisotopic (exact) mass is 319 g/mol. The molecule has 1 aromatic rings. The molecule has 0 saturated carbocycles. The molecule has 0 fully saturated rings. The lowest BCUT2D eigenvalue weighted by atomic mass is 9.87. The summed E-state index contributed by atoms with van der Waals surface area (Å²) >= 11 is 9.84. The number of thiol groups is 1. The van der Waals surface area contributed by atoms with Gasteiger partial charge in [0.05, 0.1) is 0 Å². The Balaban J connectivity index is 2.66. The van der Waals surface area contributed by atoms with Crippen molar-refractivity contribution >= 4 is 40.3 Å². The zero-order valence-corrected chi connectivity index (χ0v) is 13.0. The zero-order valence-electron chi connectivity index (χ0n) is 9.74. The van der Waals surface area contributed by atoms with Crippen LogP contribution < -0.4 is 0 Å². The number of aromatic nitrogens is 1. The lowest BCUT2D eigenvalue weighted by molar-refractivity contribution is 0.357. The topological polar surface area (TPSA) is 12.9 Å². The van der Waals surface area contributed by atoms with Gasteiger partial charge in [-0.05, 0) is 52.1 Å². The Kier molecular flexibility index (Phi) is 6.22. The van der Waals surface area contributed by atoms with E-state index in [0.29, 0.717) is 5.41 Å². The number of rotatable bonds is 6. The van der Waals surface area contributed by atoms with E-state index >= 15 is 0 Å². The van der Waals surface area contributed by atoms with E-state index in [1.807, 2.05) is 30.1 Å². The molecular formula is C12H18BrNS2. The lowest BCUT2D eigenvalue weighted by Crippen LogP contribution is -2.24. The van der Waals surface area contributed by atoms with Crippen LogP contribution >= 0.6 is 40.3 Å². The van der Waals surface area contributed by atoms with Crippen molar-refractivity contribution in [2.75, 3.05) is 11.5 Å². The highest BCUT2D eigenvalue weighted by atomic mass is 79.9. The first-order chi connectivity index (χ1) is 7.67. The molecule has 0 bridgehead atoms. The molecule has 0 radical (unpaired) electrons. The number of pyridine rings is 1. The summed E-state index contributed by atoms with van der Waals surface area (Å²) in [6, 6.07) is 3.98. The van der Waals surface area contributed by atoms with Gasteiger partial charge in [-0.3, -0.25) is 0 Å². The van der Waals surface area contributed by atoms with E-state index < -0.39 is 0 Å². The van der Waals surface area contributed by atoms with Crippen molar-refractivity contribution in [3.05, 3.63) is 22.8 Å². The molecule has 0 aromatic carbocycles. The van der Waals surface area contributed by atoms with Gasteiger partial charge in [0.1, 0.15) is 5.03 Å². The Morgan fingerprint density at radius 1 is 1.44 bits per heavy atom. The molecule has 0 aliphatic heterocycles. The second-order valence-corrected chi connectivity index (χ2v) is 6.08. The van der Waals surface area contributed by atoms with Gasteiger partial charge in [-0.2, -0.15) is 12.6 Å². The van der Waals surface area contributed by atoms with Gasteiger partial charge in [-0.25, -0.2) is 4.98 Å². The molecular weight excluding hydrogens is 302 g/mol. The van der Waals surface area contributed by atoms with E-state index in [2.05, 4.69) is 47.4 Å². The zero-order chi connectivity index (χ0) is 12.0. The molecule has 90 valence electrons. The molecule has 1 nitrogen and oxygen atoms in total. The van der Waals surface area contributed by atoms with Crippen LogP contribution in [0.4, 0.5) is 0 Å². The molecule has 0 aliphatic carbocycles. The van der Waals surface area contributed by atoms with Crippen LogP contribution in [0.2, 0.25) is 0 Å². The molecule has 1 heterocycles. The summed E-state index contributed by atoms with van der Waals surface area (Å²) < 4.78 is 1.08. The van der Waals surface area contributed by atoms with E-state index in [0.717, 1.165) is 21.0 Å². The van der Waals surface area contributed by atoms with Crippen molar-refractivity contribution in [1.29, 1.82) is 0 Å². The Bertz CT molecular complexity index is 318. The number of hydrogen-bond acceptors (Lipinski definition) is 3. The quantitative estimate of drug-likeness (QED) is 0.604. The molecule has 0 amide bonds. The Hall–Kier alpha value is 0.330. The van der Waals surface area contributed by atoms with Crippen molar-refractivity contribution in [3.8, 4) is 0 Å². The van der Waals surface area contributed by atoms with E-state index in [4.69, 9.17) is 0 Å². The van der Waals surface area contributed by atoms with Crippen molar-refractivity contribution in [2.24, 2.45) is 5.41 Å². The average Bonchev–Trinajstić information content (AvgIpc) is 2.34. The summed E-state index contributed by atoms with van der Waals surface area (Å²) in [6.07, 6.45) is 4.18. The minimum Gasteiger partial charge on any atom is -0.249 e. The summed E-state index contributed by atoms with van der Waals surface area (Å²) in [5.41, 5.74) is 0.338. The van der Waals surface area contributed by atoms with Crippen LogP contribution in [0, 0.1) is 5.41 Å². The highest BCUT2D eigenvalue weighted by Gasteiger charge is 2.25. The van der Waals surface area contributed by atoms with Crippen LogP contribution in [0.25, 0.3) is 0 Å². The van der Waals surface area contributed by atoms with Crippen LogP contribution in [-0.4, -0.2) is 16.5 Å². The highest BCUT2D eigenvalue weighted by molar-refractivity contribution is 9.10. The standard InChI is InChI=1S/C12H18BrNS2/c1-3-12(4-2,8-15)9-16-11-10(13)6-5-7-14-11/h5-7,15H,3-4,8-9H2,1-2H3. The van der Waals surface area contributed by atoms with Crippen LogP contribution in [-0.2, 0) is 0 Å². The van der Waals surface area contributed by atoms with Crippen molar-refractivity contribution < 1.29 is 0 Å². The van der Waals surface area contributed by atoms with Crippen LogP contribution in [0.15, 0.2) is 27.8 Å². The molecule has 0 N–H and O–H groups in total. The van der Waals surface area contributed by atoms with Crippen LogP contribution in [0.3, 0.4) is 0 Å². The predicted molar refractivity (Wildman–Crippen MR) is 79.5 cm³/mol. The third-order valence-electron chi connectivity index (χ3n) is 3.08. The van der Waals surface area contributed by atoms with Crippen molar-refractivity contribution in [3.63, 3.8) is 0 Å². The molecule has 0 unspecified atom stereocenters. The fourth-order valence-electron chi connectivity index (χ4n) is 1.42. The minimum atomic E-state index is 0.338. The highest BCUT2D eigenvalue weighted by Crippen LogP contribution is 2.36. The summed E-state index contributed by atoms with van der Waals surface area (Å²) in [4.78, 5) is 4.38. The maximum atomic E-state index is 4.49. The average molecular weight is 320 g/mol. The van der Waals surface area contributed by atoms with Crippen LogP contribution in [0.1, 0.15) is 26.7 Å². The van der Waals surface area contributed by atoms with Gasteiger partial charge in [-0.1, -0.05) is 13.8 Å². The number of hydrogen-bond donors (Lipinski definition) is 1. The summed E-state index contributed by atoms with van der Waals surface area (Å²) in [5.74, 6) is 2.02. The first kappa shape index (κ1) is 14.4. The normalized spacial score (nSPS) is 11.8. The number of halogens is 1. The van der Waals surface area contributed by atoms with E-state index in [1.165, 1.54) is 12.8 Å². The Morgan fingerprint density at radius 2 is 2.12 bits per heavy atom. The maximum Gasteiger partial charge on any atom is 0.110 e. The van der Waals surface area contributed by atoms with Gasteiger partial charge in [0.15, 0.2) is 0 Å². The molecule has 0 atom stereocenters. The maximum absolute atomic E-state index is 4.49. The number of thioether (sulfide) groups is 1. The summed E-state index contributed by atoms with van der Waals surface area (Å²) in [7, 11) is 0. The fourth-order valence-corrected chi connectivity index (χ4v) is 4.03. The van der Waals surface area contributed by atoms with E-state index in [9.17, 15) is 0 Å². The summed E-state index contributed by atoms with van der Waals surface area (Å²) in [6.45, 7) is 4.49. The van der Waals surface area contributed by atoms with Crippen molar-refractivity contribution in [1.82, 2.24) is 4.98 Å². The third-order valence-corrected chi connectivity index (χ3v) is 6.00. The van der Waals surface area contributed by atoms with Crippen molar-refractivity contribution in [2.45, 2.75) is 31.7 Å². The van der Waals surface area contributed by atoms with Gasteiger partial charge in [0, 0.05) is 16.4 Å². The van der Waals surface area contributed by atoms with Gasteiger partial charge in [0.2, 0.25) is 0 Å².